The molecular weight excluding hydrogens is 397 g/mol. The van der Waals surface area contributed by atoms with Crippen LogP contribution in [0, 0.1) is 5.92 Å². The number of pyridine rings is 1. The maximum absolute atomic E-state index is 12.7. The zero-order valence-corrected chi connectivity index (χ0v) is 17.1. The fourth-order valence-electron chi connectivity index (χ4n) is 2.92. The van der Waals surface area contributed by atoms with E-state index >= 15 is 0 Å². The Bertz CT molecular complexity index is 1050. The zero-order valence-electron chi connectivity index (χ0n) is 15.5. The number of carbonyl (C=O) groups is 2. The quantitative estimate of drug-likeness (QED) is 0.378. The van der Waals surface area contributed by atoms with Gasteiger partial charge in [-0.2, -0.15) is 0 Å². The van der Waals surface area contributed by atoms with Gasteiger partial charge in [-0.25, -0.2) is 4.79 Å². The number of hydrogen-bond donors (Lipinski definition) is 0. The van der Waals surface area contributed by atoms with Crippen LogP contribution in [0.15, 0.2) is 48.5 Å². The second-order valence-electron chi connectivity index (χ2n) is 6.90. The fraction of sp³-hybridized carbons (Fsp3) is 0.227. The molecule has 0 fully saturated rings. The standard InChI is InChI=1S/C22H19Cl2NO3/c1-13(2)9-15-11-18(16-5-3-4-6-20(16)25-15)22(27)28-12-21(26)17-8-7-14(23)10-19(17)24/h3-8,10-11,13H,9,12H2,1-2H3. The van der Waals surface area contributed by atoms with Crippen molar-refractivity contribution in [3.63, 3.8) is 0 Å². The lowest BCUT2D eigenvalue weighted by Crippen LogP contribution is -2.15. The Morgan fingerprint density at radius 2 is 1.79 bits per heavy atom. The van der Waals surface area contributed by atoms with Gasteiger partial charge in [0.25, 0.3) is 0 Å². The average molecular weight is 416 g/mol. The third-order valence-electron chi connectivity index (χ3n) is 4.17. The number of halogens is 2. The number of esters is 1. The van der Waals surface area contributed by atoms with E-state index in [0.29, 0.717) is 21.9 Å². The SMILES string of the molecule is CC(C)Cc1cc(C(=O)OCC(=O)c2ccc(Cl)cc2Cl)c2ccccc2n1. The van der Waals surface area contributed by atoms with Crippen LogP contribution in [0.1, 0.15) is 40.3 Å². The fourth-order valence-corrected chi connectivity index (χ4v) is 3.44. The maximum Gasteiger partial charge on any atom is 0.339 e. The number of carbonyl (C=O) groups excluding carboxylic acids is 2. The summed E-state index contributed by atoms with van der Waals surface area (Å²) in [5.74, 6) is -0.566. The van der Waals surface area contributed by atoms with E-state index < -0.39 is 18.4 Å². The number of nitrogens with zero attached hydrogens (tertiary/aromatic N) is 1. The molecule has 0 saturated heterocycles. The van der Waals surface area contributed by atoms with Gasteiger partial charge in [-0.15, -0.1) is 0 Å². The molecule has 4 nitrogen and oxygen atoms in total. The van der Waals surface area contributed by atoms with Crippen LogP contribution in [0.25, 0.3) is 10.9 Å². The molecule has 0 aliphatic rings. The van der Waals surface area contributed by atoms with Crippen molar-refractivity contribution in [3.8, 4) is 0 Å². The molecule has 0 saturated carbocycles. The molecule has 1 heterocycles. The molecule has 0 spiro atoms. The molecule has 0 N–H and O–H groups in total. The van der Waals surface area contributed by atoms with Gasteiger partial charge in [-0.1, -0.05) is 55.2 Å². The highest BCUT2D eigenvalue weighted by Gasteiger charge is 2.18. The minimum absolute atomic E-state index is 0.224. The molecular formula is C22H19Cl2NO3. The van der Waals surface area contributed by atoms with Crippen molar-refractivity contribution in [3.05, 3.63) is 75.4 Å². The van der Waals surface area contributed by atoms with Crippen LogP contribution in [0.3, 0.4) is 0 Å². The van der Waals surface area contributed by atoms with Crippen LogP contribution in [-0.4, -0.2) is 23.3 Å². The average Bonchev–Trinajstić information content (AvgIpc) is 2.64. The summed E-state index contributed by atoms with van der Waals surface area (Å²) in [6, 6.07) is 13.7. The Balaban J connectivity index is 1.83. The predicted octanol–water partition coefficient (Wildman–Crippen LogP) is 5.78. The van der Waals surface area contributed by atoms with Crippen molar-refractivity contribution in [1.82, 2.24) is 4.98 Å². The van der Waals surface area contributed by atoms with Crippen LogP contribution in [0.4, 0.5) is 0 Å². The van der Waals surface area contributed by atoms with Crippen LogP contribution in [-0.2, 0) is 11.2 Å². The van der Waals surface area contributed by atoms with E-state index in [4.69, 9.17) is 27.9 Å². The summed E-state index contributed by atoms with van der Waals surface area (Å²) in [5, 5.41) is 1.35. The molecule has 0 atom stereocenters. The molecule has 28 heavy (non-hydrogen) atoms. The summed E-state index contributed by atoms with van der Waals surface area (Å²) in [4.78, 5) is 29.7. The van der Waals surface area contributed by atoms with Crippen LogP contribution >= 0.6 is 23.2 Å². The number of aromatic nitrogens is 1. The van der Waals surface area contributed by atoms with Gasteiger partial charge in [0, 0.05) is 21.7 Å². The van der Waals surface area contributed by atoms with Crippen molar-refractivity contribution in [2.75, 3.05) is 6.61 Å². The van der Waals surface area contributed by atoms with Gasteiger partial charge in [-0.3, -0.25) is 9.78 Å². The lowest BCUT2D eigenvalue weighted by Gasteiger charge is -2.11. The molecule has 3 rings (SSSR count). The van der Waals surface area contributed by atoms with Crippen molar-refractivity contribution in [2.24, 2.45) is 5.92 Å². The first-order valence-corrected chi connectivity index (χ1v) is 9.64. The van der Waals surface area contributed by atoms with Gasteiger partial charge in [0.2, 0.25) is 5.78 Å². The molecule has 0 unspecified atom stereocenters. The minimum atomic E-state index is -0.568. The number of ketones is 1. The van der Waals surface area contributed by atoms with E-state index in [2.05, 4.69) is 18.8 Å². The molecule has 1 aromatic heterocycles. The normalized spacial score (nSPS) is 11.0. The Hall–Kier alpha value is -2.43. The maximum atomic E-state index is 12.7. The van der Waals surface area contributed by atoms with Gasteiger partial charge < -0.3 is 4.74 Å². The summed E-state index contributed by atoms with van der Waals surface area (Å²) in [6.45, 7) is 3.77. The Labute approximate surface area is 173 Å². The van der Waals surface area contributed by atoms with Crippen molar-refractivity contribution in [2.45, 2.75) is 20.3 Å². The first-order chi connectivity index (χ1) is 13.3. The molecule has 0 bridgehead atoms. The topological polar surface area (TPSA) is 56.3 Å². The number of Topliss-reactive ketones (excluding diaryl/α,β-unsaturated/α-hetero) is 1. The summed E-state index contributed by atoms with van der Waals surface area (Å²) in [5.41, 5.74) is 2.20. The first kappa shape index (κ1) is 20.3. The van der Waals surface area contributed by atoms with Gasteiger partial charge in [-0.05, 0) is 42.7 Å². The monoisotopic (exact) mass is 415 g/mol. The van der Waals surface area contributed by atoms with E-state index in [1.165, 1.54) is 12.1 Å². The number of benzene rings is 2. The third kappa shape index (κ3) is 4.70. The van der Waals surface area contributed by atoms with Crippen molar-refractivity contribution < 1.29 is 14.3 Å². The summed E-state index contributed by atoms with van der Waals surface area (Å²) < 4.78 is 5.29. The number of fused-ring (bicyclic) bond motifs is 1. The smallest absolute Gasteiger partial charge is 0.339 e. The van der Waals surface area contributed by atoms with Crippen molar-refractivity contribution >= 4 is 45.9 Å². The Kier molecular flexibility index (Phi) is 6.32. The van der Waals surface area contributed by atoms with Gasteiger partial charge in [0.05, 0.1) is 16.1 Å². The van der Waals surface area contributed by atoms with Gasteiger partial charge >= 0.3 is 5.97 Å². The van der Waals surface area contributed by atoms with Crippen LogP contribution in [0.5, 0.6) is 0 Å². The van der Waals surface area contributed by atoms with E-state index in [1.807, 2.05) is 24.3 Å². The van der Waals surface area contributed by atoms with Crippen molar-refractivity contribution in [1.29, 1.82) is 0 Å². The highest BCUT2D eigenvalue weighted by Crippen LogP contribution is 2.23. The highest BCUT2D eigenvalue weighted by atomic mass is 35.5. The lowest BCUT2D eigenvalue weighted by atomic mass is 10.0. The molecule has 0 aliphatic carbocycles. The molecule has 3 aromatic rings. The number of rotatable bonds is 6. The number of hydrogen-bond acceptors (Lipinski definition) is 4. The molecule has 144 valence electrons. The molecule has 0 amide bonds. The summed E-state index contributed by atoms with van der Waals surface area (Å²) >= 11 is 11.9. The Morgan fingerprint density at radius 3 is 2.50 bits per heavy atom. The number of ether oxygens (including phenoxy) is 1. The second-order valence-corrected chi connectivity index (χ2v) is 7.74. The largest absolute Gasteiger partial charge is 0.454 e. The zero-order chi connectivity index (χ0) is 20.3. The number of para-hydroxylation sites is 1. The molecule has 6 heteroatoms. The van der Waals surface area contributed by atoms with Gasteiger partial charge in [0.1, 0.15) is 0 Å². The van der Waals surface area contributed by atoms with E-state index in [9.17, 15) is 9.59 Å². The first-order valence-electron chi connectivity index (χ1n) is 8.89. The third-order valence-corrected chi connectivity index (χ3v) is 4.72. The second kappa shape index (κ2) is 8.72. The minimum Gasteiger partial charge on any atom is -0.454 e. The molecule has 0 aliphatic heterocycles. The highest BCUT2D eigenvalue weighted by molar-refractivity contribution is 6.36. The van der Waals surface area contributed by atoms with E-state index in [-0.39, 0.29) is 10.6 Å². The van der Waals surface area contributed by atoms with Crippen LogP contribution < -0.4 is 0 Å². The molecule has 0 radical (unpaired) electrons. The molecule has 2 aromatic carbocycles. The summed E-state index contributed by atoms with van der Waals surface area (Å²) in [6.07, 6.45) is 0.741. The van der Waals surface area contributed by atoms with Crippen LogP contribution in [0.2, 0.25) is 10.0 Å². The van der Waals surface area contributed by atoms with E-state index in [0.717, 1.165) is 17.6 Å². The lowest BCUT2D eigenvalue weighted by molar-refractivity contribution is 0.0476. The predicted molar refractivity (Wildman–Crippen MR) is 111 cm³/mol. The summed E-state index contributed by atoms with van der Waals surface area (Å²) in [7, 11) is 0. The van der Waals surface area contributed by atoms with E-state index in [1.54, 1.807) is 12.1 Å². The Morgan fingerprint density at radius 1 is 1.04 bits per heavy atom. The van der Waals surface area contributed by atoms with Gasteiger partial charge in [0.15, 0.2) is 6.61 Å².